The lowest BCUT2D eigenvalue weighted by Crippen LogP contribution is -2.15. The average Bonchev–Trinajstić information content (AvgIpc) is 2.62. The molecule has 0 aliphatic rings. The molecule has 1 N–H and O–H groups in total. The number of carbonyl (C=O) groups excluding carboxylic acids is 2. The maximum Gasteiger partial charge on any atom is 0.344 e. The topological polar surface area (TPSA) is 64.6 Å². The number of esters is 1. The monoisotopic (exact) mass is 437 g/mol. The summed E-state index contributed by atoms with van der Waals surface area (Å²) >= 11 is 5.03. The van der Waals surface area contributed by atoms with E-state index in [9.17, 15) is 9.59 Å². The third-order valence-electron chi connectivity index (χ3n) is 3.19. The number of benzene rings is 2. The molecule has 1 amide bonds. The largest absolute Gasteiger partial charge is 0.482 e. The van der Waals surface area contributed by atoms with E-state index in [1.807, 2.05) is 24.3 Å². The number of hydrogen-bond donors (Lipinski definition) is 1. The molecule has 0 aliphatic heterocycles. The Kier molecular flexibility index (Phi) is 8.50. The Morgan fingerprint density at radius 2 is 1.92 bits per heavy atom. The van der Waals surface area contributed by atoms with Crippen molar-refractivity contribution >= 4 is 45.3 Å². The van der Waals surface area contributed by atoms with Crippen molar-refractivity contribution in [1.82, 2.24) is 0 Å². The van der Waals surface area contributed by atoms with Crippen LogP contribution >= 0.6 is 27.7 Å². The van der Waals surface area contributed by atoms with Gasteiger partial charge in [0.25, 0.3) is 0 Å². The van der Waals surface area contributed by atoms with E-state index in [0.717, 1.165) is 9.37 Å². The summed E-state index contributed by atoms with van der Waals surface area (Å²) in [6.45, 7) is 1.90. The fourth-order valence-corrected chi connectivity index (χ4v) is 3.14. The molecule has 0 aliphatic carbocycles. The van der Waals surface area contributed by atoms with Crippen molar-refractivity contribution in [2.24, 2.45) is 0 Å². The van der Waals surface area contributed by atoms with Gasteiger partial charge in [0.15, 0.2) is 6.61 Å². The van der Waals surface area contributed by atoms with Crippen LogP contribution in [0.15, 0.2) is 57.9 Å². The molecular weight excluding hydrogens is 418 g/mol. The standard InChI is InChI=1S/C19H20BrNO4S/c1-2-24-19(23)13-25-16-5-3-4-15(12-16)21-18(22)10-11-26-17-8-6-14(20)7-9-17/h3-9,12H,2,10-11,13H2,1H3,(H,21,22). The SMILES string of the molecule is CCOC(=O)COc1cccc(NC(=O)CCSc2ccc(Br)cc2)c1. The van der Waals surface area contributed by atoms with Gasteiger partial charge in [-0.05, 0) is 43.3 Å². The van der Waals surface area contributed by atoms with Crippen LogP contribution in [0.4, 0.5) is 5.69 Å². The van der Waals surface area contributed by atoms with Crippen molar-refractivity contribution in [3.63, 3.8) is 0 Å². The molecule has 2 aromatic rings. The summed E-state index contributed by atoms with van der Waals surface area (Å²) in [6, 6.07) is 14.9. The lowest BCUT2D eigenvalue weighted by atomic mass is 10.3. The van der Waals surface area contributed by atoms with E-state index >= 15 is 0 Å². The molecule has 0 saturated carbocycles. The molecule has 0 saturated heterocycles. The molecule has 0 spiro atoms. The van der Waals surface area contributed by atoms with Gasteiger partial charge in [-0.1, -0.05) is 22.0 Å². The first-order valence-electron chi connectivity index (χ1n) is 8.13. The molecule has 0 radical (unpaired) electrons. The number of carbonyl (C=O) groups is 2. The Hall–Kier alpha value is -1.99. The van der Waals surface area contributed by atoms with Crippen molar-refractivity contribution < 1.29 is 19.1 Å². The highest BCUT2D eigenvalue weighted by molar-refractivity contribution is 9.10. The van der Waals surface area contributed by atoms with E-state index < -0.39 is 5.97 Å². The molecule has 0 unspecified atom stereocenters. The van der Waals surface area contributed by atoms with Gasteiger partial charge in [0.1, 0.15) is 5.75 Å². The van der Waals surface area contributed by atoms with E-state index in [-0.39, 0.29) is 12.5 Å². The zero-order valence-corrected chi connectivity index (χ0v) is 16.8. The van der Waals surface area contributed by atoms with E-state index in [4.69, 9.17) is 9.47 Å². The van der Waals surface area contributed by atoms with Crippen LogP contribution in [0.5, 0.6) is 5.75 Å². The molecule has 2 aromatic carbocycles. The zero-order chi connectivity index (χ0) is 18.8. The van der Waals surface area contributed by atoms with Crippen LogP contribution in [0.1, 0.15) is 13.3 Å². The van der Waals surface area contributed by atoms with E-state index in [0.29, 0.717) is 30.2 Å². The van der Waals surface area contributed by atoms with Crippen LogP contribution in [-0.2, 0) is 14.3 Å². The van der Waals surface area contributed by atoms with Crippen molar-refractivity contribution in [2.45, 2.75) is 18.2 Å². The molecule has 26 heavy (non-hydrogen) atoms. The van der Waals surface area contributed by atoms with Crippen LogP contribution in [0.3, 0.4) is 0 Å². The Bertz CT molecular complexity index is 737. The van der Waals surface area contributed by atoms with E-state index in [1.54, 1.807) is 43.0 Å². The minimum absolute atomic E-state index is 0.0721. The first kappa shape index (κ1) is 20.3. The van der Waals surface area contributed by atoms with Gasteiger partial charge in [0, 0.05) is 33.3 Å². The predicted octanol–water partition coefficient (Wildman–Crippen LogP) is 4.51. The molecule has 2 rings (SSSR count). The summed E-state index contributed by atoms with van der Waals surface area (Å²) in [4.78, 5) is 24.5. The number of thioether (sulfide) groups is 1. The highest BCUT2D eigenvalue weighted by atomic mass is 79.9. The highest BCUT2D eigenvalue weighted by Crippen LogP contribution is 2.22. The highest BCUT2D eigenvalue weighted by Gasteiger charge is 2.06. The van der Waals surface area contributed by atoms with Crippen LogP contribution in [0.2, 0.25) is 0 Å². The van der Waals surface area contributed by atoms with E-state index in [1.165, 1.54) is 0 Å². The molecule has 0 heterocycles. The molecule has 138 valence electrons. The second-order valence-corrected chi connectivity index (χ2v) is 7.31. The van der Waals surface area contributed by atoms with Crippen molar-refractivity contribution in [3.8, 4) is 5.75 Å². The number of halogens is 1. The zero-order valence-electron chi connectivity index (χ0n) is 14.4. The fraction of sp³-hybridized carbons (Fsp3) is 0.263. The lowest BCUT2D eigenvalue weighted by molar-refractivity contribution is -0.145. The van der Waals surface area contributed by atoms with Crippen LogP contribution < -0.4 is 10.1 Å². The third-order valence-corrected chi connectivity index (χ3v) is 4.73. The summed E-state index contributed by atoms with van der Waals surface area (Å²) in [5.41, 5.74) is 0.630. The van der Waals surface area contributed by atoms with Crippen molar-refractivity contribution in [1.29, 1.82) is 0 Å². The van der Waals surface area contributed by atoms with Gasteiger partial charge in [0.2, 0.25) is 5.91 Å². The average molecular weight is 438 g/mol. The maximum absolute atomic E-state index is 12.1. The van der Waals surface area contributed by atoms with Gasteiger partial charge in [-0.3, -0.25) is 4.79 Å². The summed E-state index contributed by atoms with van der Waals surface area (Å²) in [7, 11) is 0. The summed E-state index contributed by atoms with van der Waals surface area (Å²) in [5.74, 6) is 0.691. The number of ether oxygens (including phenoxy) is 2. The summed E-state index contributed by atoms with van der Waals surface area (Å²) in [5, 5.41) is 2.83. The van der Waals surface area contributed by atoms with Gasteiger partial charge < -0.3 is 14.8 Å². The maximum atomic E-state index is 12.1. The number of amides is 1. The van der Waals surface area contributed by atoms with E-state index in [2.05, 4.69) is 21.2 Å². The number of anilines is 1. The molecule has 0 aromatic heterocycles. The molecule has 7 heteroatoms. The minimum Gasteiger partial charge on any atom is -0.482 e. The number of rotatable bonds is 9. The van der Waals surface area contributed by atoms with Gasteiger partial charge >= 0.3 is 5.97 Å². The van der Waals surface area contributed by atoms with Gasteiger partial charge in [0.05, 0.1) is 6.61 Å². The summed E-state index contributed by atoms with van der Waals surface area (Å²) < 4.78 is 11.2. The Morgan fingerprint density at radius 1 is 1.15 bits per heavy atom. The predicted molar refractivity (Wildman–Crippen MR) is 107 cm³/mol. The normalized spacial score (nSPS) is 10.2. The Morgan fingerprint density at radius 3 is 2.65 bits per heavy atom. The first-order valence-corrected chi connectivity index (χ1v) is 9.91. The Balaban J connectivity index is 1.76. The molecular formula is C19H20BrNO4S. The number of nitrogens with one attached hydrogen (secondary N) is 1. The molecule has 0 fully saturated rings. The van der Waals surface area contributed by atoms with Crippen LogP contribution in [-0.4, -0.2) is 30.8 Å². The van der Waals surface area contributed by atoms with Gasteiger partial charge in [-0.15, -0.1) is 11.8 Å². The van der Waals surface area contributed by atoms with Gasteiger partial charge in [-0.2, -0.15) is 0 Å². The smallest absolute Gasteiger partial charge is 0.344 e. The third kappa shape index (κ3) is 7.49. The Labute approximate surface area is 165 Å². The molecule has 0 atom stereocenters. The van der Waals surface area contributed by atoms with Crippen LogP contribution in [0.25, 0.3) is 0 Å². The fourth-order valence-electron chi connectivity index (χ4n) is 2.02. The lowest BCUT2D eigenvalue weighted by Gasteiger charge is -2.09. The van der Waals surface area contributed by atoms with Crippen LogP contribution in [0, 0.1) is 0 Å². The summed E-state index contributed by atoms with van der Waals surface area (Å²) in [6.07, 6.45) is 0.397. The second kappa shape index (κ2) is 10.9. The minimum atomic E-state index is -0.424. The number of hydrogen-bond acceptors (Lipinski definition) is 5. The second-order valence-electron chi connectivity index (χ2n) is 5.22. The van der Waals surface area contributed by atoms with Crippen molar-refractivity contribution in [2.75, 3.05) is 24.3 Å². The van der Waals surface area contributed by atoms with Crippen molar-refractivity contribution in [3.05, 3.63) is 53.0 Å². The quantitative estimate of drug-likeness (QED) is 0.461. The molecule has 5 nitrogen and oxygen atoms in total. The molecule has 0 bridgehead atoms. The first-order chi connectivity index (χ1) is 12.6. The van der Waals surface area contributed by atoms with Gasteiger partial charge in [-0.25, -0.2) is 4.79 Å².